The zero-order chi connectivity index (χ0) is 15.8. The van der Waals surface area contributed by atoms with E-state index in [4.69, 9.17) is 0 Å². The van der Waals surface area contributed by atoms with Gasteiger partial charge in [0.25, 0.3) is 0 Å². The fourth-order valence-corrected chi connectivity index (χ4v) is 3.08. The van der Waals surface area contributed by atoms with E-state index in [1.165, 1.54) is 16.3 Å². The number of hydrogen-bond acceptors (Lipinski definition) is 0. The fourth-order valence-electron chi connectivity index (χ4n) is 1.71. The van der Waals surface area contributed by atoms with E-state index >= 15 is 0 Å². The van der Waals surface area contributed by atoms with Gasteiger partial charge in [-0.25, -0.2) is 12.1 Å². The van der Waals surface area contributed by atoms with Gasteiger partial charge in [-0.1, -0.05) is 44.8 Å². The Morgan fingerprint density at radius 1 is 1.00 bits per heavy atom. The molecule has 0 unspecified atom stereocenters. The summed E-state index contributed by atoms with van der Waals surface area (Å²) in [5.41, 5.74) is 1.52. The van der Waals surface area contributed by atoms with Crippen LogP contribution in [0.4, 0.5) is 0 Å². The van der Waals surface area contributed by atoms with E-state index in [2.05, 4.69) is 76.1 Å². The molecule has 0 radical (unpaired) electrons. The van der Waals surface area contributed by atoms with E-state index in [-0.39, 0.29) is 30.2 Å². The summed E-state index contributed by atoms with van der Waals surface area (Å²) < 4.78 is 2.27. The van der Waals surface area contributed by atoms with Gasteiger partial charge in [0.2, 0.25) is 0 Å². The molecule has 23 heavy (non-hydrogen) atoms. The average molecular weight is 572 g/mol. The third-order valence-corrected chi connectivity index (χ3v) is 3.55. The monoisotopic (exact) mass is 568 g/mol. The Balaban J connectivity index is 0. The van der Waals surface area contributed by atoms with E-state index in [0.717, 1.165) is 8.95 Å². The molecular formula is C17H18Br2Cl2SiZr-2. The van der Waals surface area contributed by atoms with Crippen molar-refractivity contribution in [3.8, 4) is 0 Å². The van der Waals surface area contributed by atoms with Gasteiger partial charge >= 0.3 is 41.9 Å². The summed E-state index contributed by atoms with van der Waals surface area (Å²) in [6.07, 6.45) is 0. The maximum atomic E-state index is 3.53. The van der Waals surface area contributed by atoms with Gasteiger partial charge in [-0.05, 0) is 8.95 Å². The first kappa shape index (κ1) is 26.1. The second-order valence-corrected chi connectivity index (χ2v) is 16.0. The molecule has 3 aromatic rings. The third-order valence-electron chi connectivity index (χ3n) is 2.44. The molecule has 6 heteroatoms. The van der Waals surface area contributed by atoms with Crippen molar-refractivity contribution < 1.29 is 48.1 Å². The number of halogens is 4. The van der Waals surface area contributed by atoms with E-state index in [0.29, 0.717) is 0 Å². The molecule has 0 atom stereocenters. The van der Waals surface area contributed by atoms with Crippen LogP contribution in [0, 0.1) is 6.92 Å². The predicted molar refractivity (Wildman–Crippen MR) is 99.2 cm³/mol. The quantitative estimate of drug-likeness (QED) is 0.274. The smallest absolute Gasteiger partial charge is 0.0231 e. The Bertz CT molecular complexity index is 673. The molecule has 0 nitrogen and oxygen atoms in total. The summed E-state index contributed by atoms with van der Waals surface area (Å²) in [6.45, 7) is 6.73. The molecule has 0 heterocycles. The second kappa shape index (κ2) is 14.0. The fraction of sp³-hybridized carbons (Fsp3) is 0.176. The van der Waals surface area contributed by atoms with Crippen molar-refractivity contribution >= 4 is 48.1 Å². The maximum absolute atomic E-state index is 3.53. The Morgan fingerprint density at radius 2 is 1.52 bits per heavy atom. The molecule has 0 aliphatic carbocycles. The van der Waals surface area contributed by atoms with Gasteiger partial charge in [-0.2, -0.15) is 24.3 Å². The summed E-state index contributed by atoms with van der Waals surface area (Å²) >= 11 is 8.73. The number of hydrogen-bond donors (Lipinski definition) is 0. The van der Waals surface area contributed by atoms with Crippen molar-refractivity contribution in [1.82, 2.24) is 0 Å². The van der Waals surface area contributed by atoms with Crippen LogP contribution in [-0.2, 0) is 23.3 Å². The van der Waals surface area contributed by atoms with E-state index in [1.54, 1.807) is 23.3 Å². The van der Waals surface area contributed by atoms with Crippen LogP contribution in [0.15, 0.2) is 63.5 Å². The van der Waals surface area contributed by atoms with Crippen LogP contribution < -0.4 is 24.8 Å². The van der Waals surface area contributed by atoms with Crippen LogP contribution in [0.1, 0.15) is 5.56 Å². The summed E-state index contributed by atoms with van der Waals surface area (Å²) in [5.74, 6) is 0. The minimum Gasteiger partial charge on any atom is -1.00 e. The summed E-state index contributed by atoms with van der Waals surface area (Å²) in [7, 11) is 0. The SMILES string of the molecule is C[Si](C)=[Zr+2].Cc1cc2c(Br)cc(Br)cc2[cH-]1.[Cl-].[Cl-].c1cc[cH-]c1. The van der Waals surface area contributed by atoms with Crippen molar-refractivity contribution in [1.29, 1.82) is 0 Å². The van der Waals surface area contributed by atoms with Gasteiger partial charge < -0.3 is 24.8 Å². The molecule has 0 bridgehead atoms. The largest absolute Gasteiger partial charge is 1.00 e. The molecule has 0 saturated carbocycles. The van der Waals surface area contributed by atoms with Crippen LogP contribution in [0.25, 0.3) is 10.8 Å². The van der Waals surface area contributed by atoms with Crippen molar-refractivity contribution in [2.45, 2.75) is 20.0 Å². The summed E-state index contributed by atoms with van der Waals surface area (Å²) in [6, 6.07) is 18.6. The van der Waals surface area contributed by atoms with Crippen molar-refractivity contribution in [2.75, 3.05) is 0 Å². The molecule has 3 aromatic carbocycles. The van der Waals surface area contributed by atoms with Gasteiger partial charge in [0.15, 0.2) is 0 Å². The van der Waals surface area contributed by atoms with Gasteiger partial charge in [0.1, 0.15) is 0 Å². The van der Waals surface area contributed by atoms with Crippen LogP contribution in [0.5, 0.6) is 0 Å². The zero-order valence-electron chi connectivity index (χ0n) is 13.2. The molecule has 0 aliphatic rings. The van der Waals surface area contributed by atoms with Gasteiger partial charge in [-0.15, -0.1) is 28.5 Å². The van der Waals surface area contributed by atoms with Gasteiger partial charge in [0.05, 0.1) is 0 Å². The predicted octanol–water partition coefficient (Wildman–Crippen LogP) is 0.590. The molecule has 124 valence electrons. The van der Waals surface area contributed by atoms with E-state index < -0.39 is 0 Å². The third kappa shape index (κ3) is 11.1. The van der Waals surface area contributed by atoms with Gasteiger partial charge in [0, 0.05) is 0 Å². The molecule has 0 amide bonds. The molecule has 0 N–H and O–H groups in total. The molecule has 0 saturated heterocycles. The minimum atomic E-state index is 0. The average Bonchev–Trinajstić information content (AvgIpc) is 2.99. The maximum Gasteiger partial charge on any atom is -0.0231 e. The molecular weight excluding hydrogens is 554 g/mol. The molecule has 0 fully saturated rings. The number of aryl methyl sites for hydroxylation is 1. The van der Waals surface area contributed by atoms with Crippen molar-refractivity contribution in [3.63, 3.8) is 0 Å². The minimum absolute atomic E-state index is 0. The second-order valence-electron chi connectivity index (χ2n) is 4.89. The van der Waals surface area contributed by atoms with E-state index in [9.17, 15) is 0 Å². The van der Waals surface area contributed by atoms with Gasteiger partial charge in [-0.3, -0.25) is 0 Å². The van der Waals surface area contributed by atoms with E-state index in [1.807, 2.05) is 30.3 Å². The topological polar surface area (TPSA) is 0 Å². The summed E-state index contributed by atoms with van der Waals surface area (Å²) in [5, 5.41) is 2.57. The Hall–Kier alpha value is 0.820. The molecule has 0 spiro atoms. The first-order valence-corrected chi connectivity index (χ1v) is 14.4. The van der Waals surface area contributed by atoms with Crippen LogP contribution in [-0.4, -0.2) is 5.43 Å². The summed E-state index contributed by atoms with van der Waals surface area (Å²) in [4.78, 5) is 0. The normalized spacial score (nSPS) is 8.65. The zero-order valence-corrected chi connectivity index (χ0v) is 21.3. The van der Waals surface area contributed by atoms with Crippen LogP contribution in [0.3, 0.4) is 0 Å². The van der Waals surface area contributed by atoms with Crippen LogP contribution >= 0.6 is 31.9 Å². The molecule has 0 aromatic heterocycles. The molecule has 0 aliphatic heterocycles. The van der Waals surface area contributed by atoms with Crippen LogP contribution in [0.2, 0.25) is 13.1 Å². The Morgan fingerprint density at radius 3 is 1.96 bits per heavy atom. The Labute approximate surface area is 183 Å². The first-order valence-electron chi connectivity index (χ1n) is 6.60. The number of rotatable bonds is 0. The van der Waals surface area contributed by atoms with Crippen molar-refractivity contribution in [3.05, 3.63) is 69.1 Å². The molecule has 3 rings (SSSR count). The number of benzene rings is 1. The standard InChI is InChI=1S/C10H7Br2.C5H5.C2H6Si.2ClH.Zr/c1-6-2-7-4-8(11)5-10(12)9(7)3-6;1-2-4-5-3-1;1-3-2;;;/h2-5H,1H3;1-5H;1-2H3;2*1H;/q2*-1;;;;+2/p-2. The van der Waals surface area contributed by atoms with Crippen molar-refractivity contribution in [2.24, 2.45) is 0 Å². The number of fused-ring (bicyclic) bond motifs is 1. The first-order chi connectivity index (χ1) is 9.90. The Kier molecular flexibility index (Phi) is 15.9.